The number of cyclic esters (lactones) is 1. The average Bonchev–Trinajstić information content (AvgIpc) is 2.81. The highest BCUT2D eigenvalue weighted by atomic mass is 127. The Morgan fingerprint density at radius 1 is 1.05 bits per heavy atom. The largest absolute Gasteiger partial charge is 0.402 e. The molecule has 0 saturated heterocycles. The molecule has 0 atom stereocenters. The topological polar surface area (TPSA) is 38.7 Å². The van der Waals surface area contributed by atoms with Crippen molar-refractivity contribution in [1.29, 1.82) is 0 Å². The van der Waals surface area contributed by atoms with E-state index in [4.69, 9.17) is 4.74 Å². The number of ether oxygens (including phenoxy) is 1. The van der Waals surface area contributed by atoms with E-state index in [0.717, 1.165) is 14.7 Å². The lowest BCUT2D eigenvalue weighted by atomic mass is 10.2. The number of hydrogen-bond acceptors (Lipinski definition) is 3. The van der Waals surface area contributed by atoms with Gasteiger partial charge in [-0.05, 0) is 52.4 Å². The Hall–Kier alpha value is -1.95. The van der Waals surface area contributed by atoms with Crippen molar-refractivity contribution >= 4 is 40.5 Å². The number of nitrogens with zero attached hydrogens (tertiary/aromatic N) is 1. The standard InChI is InChI=1S/C16H10INO2/c17-13-8-4-7-12(10-13)15-18-14(16(19)20-15)9-11-5-2-1-3-6-11/h1-10H/b14-9-. The lowest BCUT2D eigenvalue weighted by molar-refractivity contribution is -0.129. The molecule has 0 aromatic heterocycles. The Morgan fingerprint density at radius 3 is 2.60 bits per heavy atom. The molecule has 2 aromatic rings. The van der Waals surface area contributed by atoms with Crippen molar-refractivity contribution in [2.45, 2.75) is 0 Å². The second-order valence-corrected chi connectivity index (χ2v) is 5.50. The SMILES string of the molecule is O=C1OC(c2cccc(I)c2)=N/C1=C\c1ccccc1. The molecule has 0 saturated carbocycles. The van der Waals surface area contributed by atoms with Crippen LogP contribution in [0.25, 0.3) is 6.08 Å². The van der Waals surface area contributed by atoms with Gasteiger partial charge in [0.05, 0.1) is 0 Å². The van der Waals surface area contributed by atoms with E-state index >= 15 is 0 Å². The van der Waals surface area contributed by atoms with Gasteiger partial charge < -0.3 is 4.74 Å². The van der Waals surface area contributed by atoms with Crippen LogP contribution in [0.2, 0.25) is 0 Å². The maximum absolute atomic E-state index is 11.8. The zero-order chi connectivity index (χ0) is 13.9. The molecule has 1 aliphatic heterocycles. The van der Waals surface area contributed by atoms with Crippen LogP contribution in [-0.2, 0) is 9.53 Å². The van der Waals surface area contributed by atoms with Crippen molar-refractivity contribution in [3.05, 3.63) is 75.0 Å². The molecule has 0 N–H and O–H groups in total. The number of carbonyl (C=O) groups excluding carboxylic acids is 1. The Morgan fingerprint density at radius 2 is 1.85 bits per heavy atom. The lowest BCUT2D eigenvalue weighted by Crippen LogP contribution is -2.05. The van der Waals surface area contributed by atoms with Crippen LogP contribution in [-0.4, -0.2) is 11.9 Å². The first kappa shape index (κ1) is 13.1. The molecular formula is C16H10INO2. The summed E-state index contributed by atoms with van der Waals surface area (Å²) in [4.78, 5) is 16.1. The average molecular weight is 375 g/mol. The molecule has 0 amide bonds. The van der Waals surface area contributed by atoms with Gasteiger partial charge in [0.25, 0.3) is 0 Å². The number of hydrogen-bond donors (Lipinski definition) is 0. The summed E-state index contributed by atoms with van der Waals surface area (Å²) in [6.07, 6.45) is 1.73. The van der Waals surface area contributed by atoms with Crippen LogP contribution in [0.1, 0.15) is 11.1 Å². The van der Waals surface area contributed by atoms with Gasteiger partial charge in [0.2, 0.25) is 5.90 Å². The molecule has 0 unspecified atom stereocenters. The zero-order valence-electron chi connectivity index (χ0n) is 10.4. The van der Waals surface area contributed by atoms with Gasteiger partial charge in [-0.2, -0.15) is 0 Å². The molecule has 0 spiro atoms. The molecule has 20 heavy (non-hydrogen) atoms. The highest BCUT2D eigenvalue weighted by molar-refractivity contribution is 14.1. The molecule has 3 rings (SSSR count). The van der Waals surface area contributed by atoms with Gasteiger partial charge in [0.15, 0.2) is 5.70 Å². The number of carbonyl (C=O) groups is 1. The molecule has 0 fully saturated rings. The van der Waals surface area contributed by atoms with Crippen LogP contribution in [0.3, 0.4) is 0 Å². The summed E-state index contributed by atoms with van der Waals surface area (Å²) < 4.78 is 6.30. The summed E-state index contributed by atoms with van der Waals surface area (Å²) in [6, 6.07) is 17.3. The summed E-state index contributed by atoms with van der Waals surface area (Å²) in [7, 11) is 0. The fraction of sp³-hybridized carbons (Fsp3) is 0. The second kappa shape index (κ2) is 5.58. The summed E-state index contributed by atoms with van der Waals surface area (Å²) in [5, 5.41) is 0. The zero-order valence-corrected chi connectivity index (χ0v) is 12.6. The minimum atomic E-state index is -0.414. The smallest absolute Gasteiger partial charge is 0.363 e. The fourth-order valence-corrected chi connectivity index (χ4v) is 2.40. The highest BCUT2D eigenvalue weighted by Gasteiger charge is 2.24. The van der Waals surface area contributed by atoms with E-state index in [0.29, 0.717) is 11.6 Å². The van der Waals surface area contributed by atoms with Crippen molar-refractivity contribution in [3.63, 3.8) is 0 Å². The summed E-state index contributed by atoms with van der Waals surface area (Å²) in [5.74, 6) is -0.0570. The first-order valence-electron chi connectivity index (χ1n) is 6.06. The third-order valence-electron chi connectivity index (χ3n) is 2.80. The monoisotopic (exact) mass is 375 g/mol. The number of halogens is 1. The third kappa shape index (κ3) is 2.80. The van der Waals surface area contributed by atoms with Gasteiger partial charge in [-0.25, -0.2) is 9.79 Å². The molecule has 0 radical (unpaired) electrons. The normalized spacial score (nSPS) is 16.1. The Kier molecular flexibility index (Phi) is 3.64. The predicted molar refractivity (Wildman–Crippen MR) is 86.2 cm³/mol. The van der Waals surface area contributed by atoms with E-state index < -0.39 is 5.97 Å². The molecule has 98 valence electrons. The van der Waals surface area contributed by atoms with Gasteiger partial charge in [0.1, 0.15) is 0 Å². The van der Waals surface area contributed by atoms with E-state index in [9.17, 15) is 4.79 Å². The molecule has 0 bridgehead atoms. The van der Waals surface area contributed by atoms with Crippen LogP contribution in [0.15, 0.2) is 65.3 Å². The Labute approximate surface area is 130 Å². The lowest BCUT2D eigenvalue weighted by Gasteiger charge is -1.99. The molecular weight excluding hydrogens is 365 g/mol. The van der Waals surface area contributed by atoms with E-state index in [1.165, 1.54) is 0 Å². The van der Waals surface area contributed by atoms with Gasteiger partial charge in [-0.1, -0.05) is 36.4 Å². The van der Waals surface area contributed by atoms with Crippen molar-refractivity contribution in [2.24, 2.45) is 4.99 Å². The molecule has 1 aliphatic rings. The third-order valence-corrected chi connectivity index (χ3v) is 3.47. The summed E-state index contributed by atoms with van der Waals surface area (Å²) in [6.45, 7) is 0. The van der Waals surface area contributed by atoms with E-state index in [1.807, 2.05) is 54.6 Å². The molecule has 1 heterocycles. The van der Waals surface area contributed by atoms with Gasteiger partial charge in [0, 0.05) is 9.13 Å². The van der Waals surface area contributed by atoms with Gasteiger partial charge in [-0.3, -0.25) is 0 Å². The van der Waals surface area contributed by atoms with Crippen LogP contribution in [0.5, 0.6) is 0 Å². The second-order valence-electron chi connectivity index (χ2n) is 4.26. The quantitative estimate of drug-likeness (QED) is 0.457. The molecule has 2 aromatic carbocycles. The number of aliphatic imine (C=N–C) groups is 1. The minimum Gasteiger partial charge on any atom is -0.402 e. The van der Waals surface area contributed by atoms with Crippen molar-refractivity contribution in [1.82, 2.24) is 0 Å². The molecule has 0 aliphatic carbocycles. The maximum Gasteiger partial charge on any atom is 0.363 e. The van der Waals surface area contributed by atoms with Gasteiger partial charge >= 0.3 is 5.97 Å². The fourth-order valence-electron chi connectivity index (χ4n) is 1.86. The van der Waals surface area contributed by atoms with Crippen molar-refractivity contribution in [2.75, 3.05) is 0 Å². The van der Waals surface area contributed by atoms with Gasteiger partial charge in [-0.15, -0.1) is 0 Å². The molecule has 4 heteroatoms. The Balaban J connectivity index is 1.95. The maximum atomic E-state index is 11.8. The van der Waals surface area contributed by atoms with Crippen LogP contribution in [0.4, 0.5) is 0 Å². The summed E-state index contributed by atoms with van der Waals surface area (Å²) in [5.41, 5.74) is 2.05. The predicted octanol–water partition coefficient (Wildman–Crippen LogP) is 3.64. The van der Waals surface area contributed by atoms with Crippen molar-refractivity contribution < 1.29 is 9.53 Å². The van der Waals surface area contributed by atoms with Crippen LogP contribution >= 0.6 is 22.6 Å². The van der Waals surface area contributed by atoms with Crippen molar-refractivity contribution in [3.8, 4) is 0 Å². The number of rotatable bonds is 2. The highest BCUT2D eigenvalue weighted by Crippen LogP contribution is 2.20. The minimum absolute atomic E-state index is 0.324. The van der Waals surface area contributed by atoms with E-state index in [1.54, 1.807) is 6.08 Å². The van der Waals surface area contributed by atoms with E-state index in [-0.39, 0.29) is 0 Å². The van der Waals surface area contributed by atoms with Crippen LogP contribution in [0, 0.1) is 3.57 Å². The summed E-state index contributed by atoms with van der Waals surface area (Å²) >= 11 is 2.21. The number of esters is 1. The van der Waals surface area contributed by atoms with Crippen LogP contribution < -0.4 is 0 Å². The number of benzene rings is 2. The first-order chi connectivity index (χ1) is 9.72. The first-order valence-corrected chi connectivity index (χ1v) is 7.14. The molecule has 3 nitrogen and oxygen atoms in total. The Bertz CT molecular complexity index is 720. The van der Waals surface area contributed by atoms with E-state index in [2.05, 4.69) is 27.6 Å².